The molecule has 1 heterocycles. The fraction of sp³-hybridized carbons (Fsp3) is 0.381. The predicted octanol–water partition coefficient (Wildman–Crippen LogP) is 3.84. The monoisotopic (exact) mass is 516 g/mol. The van der Waals surface area contributed by atoms with Crippen molar-refractivity contribution in [3.63, 3.8) is 0 Å². The van der Waals surface area contributed by atoms with E-state index >= 15 is 0 Å². The van der Waals surface area contributed by atoms with Crippen molar-refractivity contribution < 1.29 is 13.5 Å². The van der Waals surface area contributed by atoms with Crippen LogP contribution < -0.4 is 20.3 Å². The summed E-state index contributed by atoms with van der Waals surface area (Å²) in [6, 6.07) is 9.91. The second-order valence-electron chi connectivity index (χ2n) is 6.90. The molecule has 3 rings (SSSR count). The van der Waals surface area contributed by atoms with Gasteiger partial charge in [0.05, 0.1) is 12.8 Å². The first kappa shape index (κ1) is 23.2. The fourth-order valence-corrected chi connectivity index (χ4v) is 3.38. The van der Waals surface area contributed by atoms with E-state index in [1.165, 1.54) is 12.1 Å². The van der Waals surface area contributed by atoms with Gasteiger partial charge < -0.3 is 20.3 Å². The number of halogens is 3. The maximum Gasteiger partial charge on any atom is 0.191 e. The molecule has 1 aliphatic heterocycles. The molecule has 29 heavy (non-hydrogen) atoms. The van der Waals surface area contributed by atoms with Gasteiger partial charge in [0.1, 0.15) is 17.4 Å². The van der Waals surface area contributed by atoms with E-state index in [0.29, 0.717) is 31.3 Å². The Morgan fingerprint density at radius 1 is 1.24 bits per heavy atom. The number of nitrogens with one attached hydrogen (secondary N) is 2. The number of hydrogen-bond acceptors (Lipinski definition) is 3. The smallest absolute Gasteiger partial charge is 0.191 e. The van der Waals surface area contributed by atoms with Gasteiger partial charge in [0, 0.05) is 38.8 Å². The first-order valence-electron chi connectivity index (χ1n) is 9.31. The molecule has 0 amide bonds. The topological polar surface area (TPSA) is 48.9 Å². The van der Waals surface area contributed by atoms with Crippen molar-refractivity contribution in [3.8, 4) is 5.75 Å². The van der Waals surface area contributed by atoms with Crippen molar-refractivity contribution in [1.29, 1.82) is 0 Å². The quantitative estimate of drug-likeness (QED) is 0.361. The van der Waals surface area contributed by atoms with Crippen molar-refractivity contribution in [3.05, 3.63) is 59.2 Å². The van der Waals surface area contributed by atoms with E-state index in [-0.39, 0.29) is 30.0 Å². The third kappa shape index (κ3) is 5.94. The van der Waals surface area contributed by atoms with Crippen molar-refractivity contribution in [2.75, 3.05) is 32.1 Å². The summed E-state index contributed by atoms with van der Waals surface area (Å²) in [5, 5.41) is 6.67. The van der Waals surface area contributed by atoms with Crippen LogP contribution >= 0.6 is 24.0 Å². The van der Waals surface area contributed by atoms with Crippen LogP contribution in [-0.2, 0) is 6.54 Å². The molecule has 2 aromatic carbocycles. The van der Waals surface area contributed by atoms with Crippen molar-refractivity contribution in [1.82, 2.24) is 10.6 Å². The molecule has 0 aromatic heterocycles. The van der Waals surface area contributed by atoms with Crippen LogP contribution in [0.5, 0.6) is 5.75 Å². The maximum atomic E-state index is 14.0. The third-order valence-electron chi connectivity index (χ3n) is 4.94. The molecule has 2 aromatic rings. The van der Waals surface area contributed by atoms with Crippen LogP contribution in [0.4, 0.5) is 14.5 Å². The summed E-state index contributed by atoms with van der Waals surface area (Å²) < 4.78 is 32.5. The molecule has 1 unspecified atom stereocenters. The Morgan fingerprint density at radius 2 is 2.03 bits per heavy atom. The molecule has 0 radical (unpaired) electrons. The molecular formula is C21H27F2IN4O. The van der Waals surface area contributed by atoms with Crippen LogP contribution in [0.2, 0.25) is 0 Å². The molecule has 158 valence electrons. The highest BCUT2D eigenvalue weighted by Gasteiger charge is 2.25. The van der Waals surface area contributed by atoms with Gasteiger partial charge in [0.25, 0.3) is 0 Å². The Balaban J connectivity index is 0.00000300. The summed E-state index contributed by atoms with van der Waals surface area (Å²) in [6.07, 6.45) is 0.843. The molecule has 2 N–H and O–H groups in total. The minimum atomic E-state index is -0.563. The number of aryl methyl sites for hydroxylation is 1. The Hall–Kier alpha value is -2.10. The van der Waals surface area contributed by atoms with Gasteiger partial charge in [-0.2, -0.15) is 0 Å². The molecular weight excluding hydrogens is 489 g/mol. The van der Waals surface area contributed by atoms with Crippen LogP contribution in [0.3, 0.4) is 0 Å². The summed E-state index contributed by atoms with van der Waals surface area (Å²) in [7, 11) is 3.38. The summed E-state index contributed by atoms with van der Waals surface area (Å²) >= 11 is 0. The van der Waals surface area contributed by atoms with Gasteiger partial charge in [-0.15, -0.1) is 24.0 Å². The van der Waals surface area contributed by atoms with Crippen LogP contribution in [0, 0.1) is 18.6 Å². The summed E-state index contributed by atoms with van der Waals surface area (Å²) in [6.45, 7) is 3.94. The van der Waals surface area contributed by atoms with Crippen LogP contribution in [-0.4, -0.2) is 39.2 Å². The van der Waals surface area contributed by atoms with E-state index in [2.05, 4.69) is 15.6 Å². The number of guanidine groups is 1. The molecule has 0 saturated carbocycles. The van der Waals surface area contributed by atoms with Gasteiger partial charge in [0.15, 0.2) is 5.96 Å². The largest absolute Gasteiger partial charge is 0.496 e. The van der Waals surface area contributed by atoms with E-state index in [9.17, 15) is 8.78 Å². The first-order valence-corrected chi connectivity index (χ1v) is 9.31. The number of anilines is 1. The average Bonchev–Trinajstić information content (AvgIpc) is 3.14. The number of benzene rings is 2. The second kappa shape index (κ2) is 10.6. The molecule has 0 spiro atoms. The van der Waals surface area contributed by atoms with Gasteiger partial charge >= 0.3 is 0 Å². The van der Waals surface area contributed by atoms with Gasteiger partial charge in [-0.25, -0.2) is 8.78 Å². The standard InChI is InChI=1S/C21H26F2N4O.HI/c1-14-4-5-15(10-20(14)28-3)12-25-21(24-2)26-17-8-9-27(13-17)19-7-6-16(22)11-18(19)23;/h4-7,10-11,17H,8-9,12-13H2,1-3H3,(H2,24,25,26);1H. The van der Waals surface area contributed by atoms with E-state index < -0.39 is 11.6 Å². The predicted molar refractivity (Wildman–Crippen MR) is 123 cm³/mol. The summed E-state index contributed by atoms with van der Waals surface area (Å²) in [5.41, 5.74) is 2.61. The van der Waals surface area contributed by atoms with Gasteiger partial charge in [-0.3, -0.25) is 4.99 Å². The minimum absolute atomic E-state index is 0. The lowest BCUT2D eigenvalue weighted by atomic mass is 10.1. The number of nitrogens with zero attached hydrogens (tertiary/aromatic N) is 2. The molecule has 5 nitrogen and oxygen atoms in total. The Morgan fingerprint density at radius 3 is 2.72 bits per heavy atom. The molecule has 8 heteroatoms. The lowest BCUT2D eigenvalue weighted by Crippen LogP contribution is -2.44. The molecule has 0 aliphatic carbocycles. The third-order valence-corrected chi connectivity index (χ3v) is 4.94. The lowest BCUT2D eigenvalue weighted by molar-refractivity contribution is 0.411. The van der Waals surface area contributed by atoms with Crippen LogP contribution in [0.25, 0.3) is 0 Å². The highest BCUT2D eigenvalue weighted by atomic mass is 127. The molecule has 1 saturated heterocycles. The maximum absolute atomic E-state index is 14.0. The molecule has 0 bridgehead atoms. The Labute approximate surface area is 187 Å². The van der Waals surface area contributed by atoms with E-state index in [0.717, 1.165) is 29.4 Å². The average molecular weight is 516 g/mol. The van der Waals surface area contributed by atoms with Crippen molar-refractivity contribution >= 4 is 35.6 Å². The first-order chi connectivity index (χ1) is 13.5. The number of ether oxygens (including phenoxy) is 1. The highest BCUT2D eigenvalue weighted by Crippen LogP contribution is 2.24. The van der Waals surface area contributed by atoms with E-state index in [1.54, 1.807) is 14.2 Å². The Kier molecular flexibility index (Phi) is 8.48. The van der Waals surface area contributed by atoms with Gasteiger partial charge in [0.2, 0.25) is 0 Å². The summed E-state index contributed by atoms with van der Waals surface area (Å²) in [4.78, 5) is 6.20. The van der Waals surface area contributed by atoms with Crippen LogP contribution in [0.1, 0.15) is 17.5 Å². The zero-order chi connectivity index (χ0) is 20.1. The Bertz CT molecular complexity index is 863. The number of aliphatic imine (C=N–C) groups is 1. The summed E-state index contributed by atoms with van der Waals surface area (Å²) in [5.74, 6) is 0.449. The zero-order valence-electron chi connectivity index (χ0n) is 16.8. The lowest BCUT2D eigenvalue weighted by Gasteiger charge is -2.21. The second-order valence-corrected chi connectivity index (χ2v) is 6.90. The highest BCUT2D eigenvalue weighted by molar-refractivity contribution is 14.0. The van der Waals surface area contributed by atoms with Gasteiger partial charge in [-0.05, 0) is 42.7 Å². The zero-order valence-corrected chi connectivity index (χ0v) is 19.2. The molecule has 1 aliphatic rings. The van der Waals surface area contributed by atoms with Crippen molar-refractivity contribution in [2.45, 2.75) is 25.9 Å². The van der Waals surface area contributed by atoms with Gasteiger partial charge in [-0.1, -0.05) is 12.1 Å². The number of methoxy groups -OCH3 is 1. The van der Waals surface area contributed by atoms with Crippen LogP contribution in [0.15, 0.2) is 41.4 Å². The van der Waals surface area contributed by atoms with Crippen molar-refractivity contribution in [2.24, 2.45) is 4.99 Å². The fourth-order valence-electron chi connectivity index (χ4n) is 3.38. The SMILES string of the molecule is CN=C(NCc1ccc(C)c(OC)c1)NC1CCN(c2ccc(F)cc2F)C1.I. The molecule has 1 atom stereocenters. The molecule has 1 fully saturated rings. The normalized spacial score (nSPS) is 16.4. The minimum Gasteiger partial charge on any atom is -0.496 e. The van der Waals surface area contributed by atoms with E-state index in [4.69, 9.17) is 4.74 Å². The number of hydrogen-bond donors (Lipinski definition) is 2. The number of rotatable bonds is 5. The van der Waals surface area contributed by atoms with E-state index in [1.807, 2.05) is 30.0 Å².